The number of piperidine rings is 1. The van der Waals surface area contributed by atoms with Gasteiger partial charge in [-0.25, -0.2) is 15.0 Å². The highest BCUT2D eigenvalue weighted by molar-refractivity contribution is 9.10. The summed E-state index contributed by atoms with van der Waals surface area (Å²) in [6.07, 6.45) is -2.42. The van der Waals surface area contributed by atoms with E-state index >= 15 is 0 Å². The number of amides is 3. The maximum atomic E-state index is 14.2. The van der Waals surface area contributed by atoms with Gasteiger partial charge < -0.3 is 15.5 Å². The van der Waals surface area contributed by atoms with Crippen LogP contribution in [0.25, 0.3) is 22.0 Å². The van der Waals surface area contributed by atoms with Gasteiger partial charge in [0.1, 0.15) is 40.9 Å². The summed E-state index contributed by atoms with van der Waals surface area (Å²) in [7, 11) is 0. The van der Waals surface area contributed by atoms with E-state index in [4.69, 9.17) is 0 Å². The Labute approximate surface area is 287 Å². The Morgan fingerprint density at radius 1 is 1.02 bits per heavy atom. The van der Waals surface area contributed by atoms with Crippen molar-refractivity contribution in [1.29, 1.82) is 0 Å². The molecule has 2 fully saturated rings. The Bertz CT molecular complexity index is 2020. The van der Waals surface area contributed by atoms with Crippen LogP contribution in [0.1, 0.15) is 53.6 Å². The first-order valence-corrected chi connectivity index (χ1v) is 16.2. The van der Waals surface area contributed by atoms with Gasteiger partial charge in [-0.1, -0.05) is 6.07 Å². The number of aryl methyl sites for hydroxylation is 3. The molecular formula is C33H32BrF3N8O4. The molecule has 4 heterocycles. The van der Waals surface area contributed by atoms with E-state index in [0.717, 1.165) is 16.7 Å². The molecule has 1 aromatic carbocycles. The van der Waals surface area contributed by atoms with Crippen LogP contribution in [-0.2, 0) is 20.9 Å². The molecule has 2 aliphatic rings. The molecule has 16 heteroatoms. The number of hydrogen-bond acceptors (Lipinski definition) is 8. The first-order valence-electron chi connectivity index (χ1n) is 15.4. The fourth-order valence-electron chi connectivity index (χ4n) is 6.64. The molecule has 4 aromatic rings. The lowest BCUT2D eigenvalue weighted by Gasteiger charge is -2.27. The predicted octanol–water partition coefficient (Wildman–Crippen LogP) is 4.85. The number of hydrogen-bond donors (Lipinski definition) is 2. The van der Waals surface area contributed by atoms with E-state index < -0.39 is 47.8 Å². The monoisotopic (exact) mass is 740 g/mol. The number of carbonyl (C=O) groups is 4. The first kappa shape index (κ1) is 34.1. The molecule has 49 heavy (non-hydrogen) atoms. The molecule has 3 atom stereocenters. The third-order valence-electron chi connectivity index (χ3n) is 9.08. The number of likely N-dealkylation sites (tertiary alicyclic amines) is 1. The van der Waals surface area contributed by atoms with Crippen molar-refractivity contribution in [3.63, 3.8) is 0 Å². The van der Waals surface area contributed by atoms with Crippen LogP contribution in [0.4, 0.5) is 19.0 Å². The van der Waals surface area contributed by atoms with Crippen molar-refractivity contribution in [3.8, 4) is 11.1 Å². The van der Waals surface area contributed by atoms with Gasteiger partial charge in [-0.2, -0.15) is 18.3 Å². The molecule has 3 amide bonds. The Morgan fingerprint density at radius 2 is 1.73 bits per heavy atom. The Hall–Kier alpha value is -4.73. The molecule has 1 aliphatic carbocycles. The molecule has 1 aliphatic heterocycles. The second-order valence-corrected chi connectivity index (χ2v) is 13.5. The minimum absolute atomic E-state index is 0.119. The minimum atomic E-state index is -4.67. The second kappa shape index (κ2) is 12.6. The number of nitrogens with zero attached hydrogens (tertiary/aromatic N) is 6. The highest BCUT2D eigenvalue weighted by Gasteiger charge is 2.67. The molecule has 6 rings (SSSR count). The van der Waals surface area contributed by atoms with Crippen molar-refractivity contribution in [2.75, 3.05) is 11.9 Å². The molecule has 0 unspecified atom stereocenters. The van der Waals surface area contributed by atoms with Crippen molar-refractivity contribution in [1.82, 2.24) is 34.9 Å². The third kappa shape index (κ3) is 6.91. The molecule has 1 saturated carbocycles. The highest BCUT2D eigenvalue weighted by Crippen LogP contribution is 2.59. The fraction of sp³-hybridized carbons (Fsp3) is 0.394. The molecule has 0 bridgehead atoms. The topological polar surface area (TPSA) is 152 Å². The van der Waals surface area contributed by atoms with E-state index in [-0.39, 0.29) is 36.8 Å². The van der Waals surface area contributed by atoms with Gasteiger partial charge in [-0.05, 0) is 84.4 Å². The molecule has 1 saturated heterocycles. The van der Waals surface area contributed by atoms with Crippen molar-refractivity contribution >= 4 is 56.2 Å². The third-order valence-corrected chi connectivity index (χ3v) is 9.52. The molecule has 0 spiro atoms. The van der Waals surface area contributed by atoms with Gasteiger partial charge in [0.05, 0.1) is 5.52 Å². The zero-order valence-electron chi connectivity index (χ0n) is 27.0. The molecule has 256 valence electrons. The molecule has 0 radical (unpaired) electrons. The normalized spacial score (nSPS) is 19.9. The number of ketones is 1. The summed E-state index contributed by atoms with van der Waals surface area (Å²) in [6, 6.07) is 5.65. The fourth-order valence-corrected chi connectivity index (χ4v) is 6.95. The second-order valence-electron chi connectivity index (χ2n) is 12.7. The number of nitrogens with one attached hydrogen (secondary N) is 2. The van der Waals surface area contributed by atoms with Crippen LogP contribution in [0, 0.1) is 26.2 Å². The standard InChI is InChI=1S/C33H32BrF3N8O4/c1-16-5-6-25(34)41-30(16)42-31(49)23-9-32(15-40-26(47)11-33(35,36)37)10-24(32)45(23)27(48)14-44-29-17(2)7-20(21-12-38-19(4)39-13-21)8-22(29)28(43-44)18(3)46/h5-8,12-13,23-24H,9-11,14-15H2,1-4H3,(H,40,47)(H,41,42,49)/t23-,24+,32-/m0/s1. The highest BCUT2D eigenvalue weighted by atomic mass is 79.9. The Morgan fingerprint density at radius 3 is 2.41 bits per heavy atom. The van der Waals surface area contributed by atoms with Crippen LogP contribution in [0.15, 0.2) is 41.3 Å². The summed E-state index contributed by atoms with van der Waals surface area (Å²) in [5, 5.41) is 10.2. The summed E-state index contributed by atoms with van der Waals surface area (Å²) in [5.41, 5.74) is 2.87. The number of carbonyl (C=O) groups excluding carboxylic acids is 4. The van der Waals surface area contributed by atoms with Crippen LogP contribution < -0.4 is 10.6 Å². The first-order chi connectivity index (χ1) is 23.0. The van der Waals surface area contributed by atoms with Gasteiger partial charge in [0, 0.05) is 48.3 Å². The lowest BCUT2D eigenvalue weighted by molar-refractivity contribution is -0.153. The van der Waals surface area contributed by atoms with Crippen LogP contribution in [0.3, 0.4) is 0 Å². The van der Waals surface area contributed by atoms with Crippen LogP contribution >= 0.6 is 15.9 Å². The summed E-state index contributed by atoms with van der Waals surface area (Å²) >= 11 is 3.29. The average molecular weight is 742 g/mol. The van der Waals surface area contributed by atoms with Crippen LogP contribution in [0.2, 0.25) is 0 Å². The quantitative estimate of drug-likeness (QED) is 0.183. The number of rotatable bonds is 9. The SMILES string of the molecule is CC(=O)c1nn(CC(=O)N2[C@H](C(=O)Nc3nc(Br)ccc3C)C[C@@]3(CNC(=O)CC(F)(F)F)C[C@@H]23)c2c(C)cc(-c3cnc(C)nc3)cc12. The van der Waals surface area contributed by atoms with E-state index in [0.29, 0.717) is 33.3 Å². The summed E-state index contributed by atoms with van der Waals surface area (Å²) in [4.78, 5) is 67.0. The largest absolute Gasteiger partial charge is 0.397 e. The zero-order valence-corrected chi connectivity index (χ0v) is 28.6. The Balaban J connectivity index is 1.31. The predicted molar refractivity (Wildman–Crippen MR) is 175 cm³/mol. The van der Waals surface area contributed by atoms with Gasteiger partial charge in [-0.15, -0.1) is 0 Å². The number of halogens is 4. The van der Waals surface area contributed by atoms with Crippen molar-refractivity contribution in [3.05, 3.63) is 63.9 Å². The van der Waals surface area contributed by atoms with Gasteiger partial charge in [0.2, 0.25) is 17.7 Å². The number of pyridine rings is 1. The number of alkyl halides is 3. The smallest absolute Gasteiger partial charge is 0.355 e. The lowest BCUT2D eigenvalue weighted by Crippen LogP contribution is -2.47. The maximum Gasteiger partial charge on any atom is 0.397 e. The van der Waals surface area contributed by atoms with E-state index in [9.17, 15) is 32.3 Å². The van der Waals surface area contributed by atoms with Crippen molar-refractivity contribution in [2.45, 2.75) is 71.8 Å². The maximum absolute atomic E-state index is 14.2. The van der Waals surface area contributed by atoms with Gasteiger partial charge in [0.25, 0.3) is 0 Å². The van der Waals surface area contributed by atoms with Crippen LogP contribution in [-0.4, -0.2) is 77.9 Å². The molecule has 3 aromatic heterocycles. The van der Waals surface area contributed by atoms with Crippen molar-refractivity contribution < 1.29 is 32.3 Å². The van der Waals surface area contributed by atoms with Crippen molar-refractivity contribution in [2.24, 2.45) is 5.41 Å². The summed E-state index contributed by atoms with van der Waals surface area (Å²) in [5.74, 6) is -1.59. The lowest BCUT2D eigenvalue weighted by atomic mass is 9.98. The van der Waals surface area contributed by atoms with E-state index in [1.54, 1.807) is 44.4 Å². The van der Waals surface area contributed by atoms with Gasteiger partial charge in [0.15, 0.2) is 5.78 Å². The van der Waals surface area contributed by atoms with E-state index in [2.05, 4.69) is 46.6 Å². The average Bonchev–Trinajstić information content (AvgIpc) is 3.42. The zero-order chi connectivity index (χ0) is 35.4. The molecular weight excluding hydrogens is 709 g/mol. The minimum Gasteiger partial charge on any atom is -0.355 e. The summed E-state index contributed by atoms with van der Waals surface area (Å²) in [6.45, 7) is 6.31. The number of Topliss-reactive ketones (excluding diaryl/α,β-unsaturated/α-hetero) is 1. The number of benzene rings is 1. The van der Waals surface area contributed by atoms with Gasteiger partial charge in [-0.3, -0.25) is 23.9 Å². The van der Waals surface area contributed by atoms with Crippen LogP contribution in [0.5, 0.6) is 0 Å². The number of fused-ring (bicyclic) bond motifs is 2. The van der Waals surface area contributed by atoms with E-state index in [1.165, 1.54) is 16.5 Å². The summed E-state index contributed by atoms with van der Waals surface area (Å²) < 4.78 is 40.4. The van der Waals surface area contributed by atoms with E-state index in [1.807, 2.05) is 13.0 Å². The number of anilines is 1. The number of aromatic nitrogens is 5. The van der Waals surface area contributed by atoms with Gasteiger partial charge >= 0.3 is 6.18 Å². The Kier molecular flexibility index (Phi) is 8.79. The molecule has 2 N–H and O–H groups in total. The molecule has 12 nitrogen and oxygen atoms in total.